The maximum atomic E-state index is 13.6. The molecule has 1 fully saturated rings. The number of aryl methyl sites for hydroxylation is 1. The van der Waals surface area contributed by atoms with Gasteiger partial charge < -0.3 is 4.43 Å². The van der Waals surface area contributed by atoms with Crippen LogP contribution in [0.1, 0.15) is 64.6 Å². The second-order valence-corrected chi connectivity index (χ2v) is 19.2. The minimum Gasteiger partial charge on any atom is -0.416 e. The smallest absolute Gasteiger partial charge is 0.192 e. The fourth-order valence-electron chi connectivity index (χ4n) is 5.95. The lowest BCUT2D eigenvalue weighted by molar-refractivity contribution is 0.108. The number of hydrogen-bond donors (Lipinski definition) is 0. The molecule has 2 aliphatic carbocycles. The molecule has 0 radical (unpaired) electrons. The summed E-state index contributed by atoms with van der Waals surface area (Å²) in [5.41, 5.74) is 4.76. The molecule has 0 amide bonds. The second-order valence-electron chi connectivity index (χ2n) is 13.0. The Kier molecular flexibility index (Phi) is 7.76. The van der Waals surface area contributed by atoms with E-state index in [1.165, 1.54) is 34.6 Å². The number of thioether (sulfide) groups is 1. The highest BCUT2D eigenvalue weighted by atomic mass is 32.2. The predicted octanol–water partition coefficient (Wildman–Crippen LogP) is 8.06. The summed E-state index contributed by atoms with van der Waals surface area (Å²) in [7, 11) is 0.0574. The van der Waals surface area contributed by atoms with Crippen LogP contribution in [0.3, 0.4) is 0 Å². The zero-order valence-corrected chi connectivity index (χ0v) is 26.3. The number of rotatable bonds is 8. The van der Waals surface area contributed by atoms with Crippen molar-refractivity contribution in [1.82, 2.24) is 19.6 Å². The molecule has 2 heterocycles. The van der Waals surface area contributed by atoms with E-state index in [1.54, 1.807) is 0 Å². The Labute approximate surface area is 238 Å². The van der Waals surface area contributed by atoms with Gasteiger partial charge in [-0.15, -0.1) is 11.8 Å². The molecule has 3 atom stereocenters. The fraction of sp³-hybridized carbons (Fsp3) is 0.548. The van der Waals surface area contributed by atoms with Gasteiger partial charge in [-0.1, -0.05) is 33.3 Å². The van der Waals surface area contributed by atoms with Crippen molar-refractivity contribution >= 4 is 26.2 Å². The first-order valence-electron chi connectivity index (χ1n) is 14.2. The Morgan fingerprint density at radius 2 is 1.92 bits per heavy atom. The molecule has 210 valence electrons. The predicted molar refractivity (Wildman–Crippen MR) is 161 cm³/mol. The number of hydrogen-bond acceptors (Lipinski definition) is 4. The van der Waals surface area contributed by atoms with E-state index < -0.39 is 8.32 Å². The molecule has 5 nitrogen and oxygen atoms in total. The number of benzene rings is 1. The molecule has 3 aromatic rings. The molecule has 0 aliphatic heterocycles. The second kappa shape index (κ2) is 10.7. The van der Waals surface area contributed by atoms with Crippen LogP contribution in [-0.4, -0.2) is 39.7 Å². The Bertz CT molecular complexity index is 1340. The largest absolute Gasteiger partial charge is 0.416 e. The van der Waals surface area contributed by atoms with Crippen LogP contribution in [0.2, 0.25) is 18.1 Å². The molecular weight excluding hydrogens is 524 g/mol. The topological polar surface area (TPSA) is 44.9 Å². The fourth-order valence-corrected chi connectivity index (χ4v) is 8.29. The average Bonchev–Trinajstić information content (AvgIpc) is 3.49. The van der Waals surface area contributed by atoms with Gasteiger partial charge in [0.25, 0.3) is 0 Å². The summed E-state index contributed by atoms with van der Waals surface area (Å²) >= 11 is 1.99. The molecule has 39 heavy (non-hydrogen) atoms. The van der Waals surface area contributed by atoms with Crippen molar-refractivity contribution < 1.29 is 8.82 Å². The summed E-state index contributed by atoms with van der Waals surface area (Å²) in [6.45, 7) is 14.8. The summed E-state index contributed by atoms with van der Waals surface area (Å²) in [6, 6.07) is 6.63. The molecule has 0 bridgehead atoms. The van der Waals surface area contributed by atoms with E-state index in [9.17, 15) is 4.39 Å². The molecule has 2 aliphatic rings. The monoisotopic (exact) mass is 566 g/mol. The Morgan fingerprint density at radius 1 is 1.18 bits per heavy atom. The minimum atomic E-state index is -1.93. The van der Waals surface area contributed by atoms with Crippen molar-refractivity contribution in [3.05, 3.63) is 65.5 Å². The Hall–Kier alpha value is -2.16. The molecule has 1 aromatic carbocycles. The van der Waals surface area contributed by atoms with Gasteiger partial charge in [-0.2, -0.15) is 10.2 Å². The van der Waals surface area contributed by atoms with Gasteiger partial charge >= 0.3 is 0 Å². The Balaban J connectivity index is 1.48. The van der Waals surface area contributed by atoms with Gasteiger partial charge in [0.2, 0.25) is 0 Å². The van der Waals surface area contributed by atoms with E-state index in [0.29, 0.717) is 11.2 Å². The van der Waals surface area contributed by atoms with Crippen LogP contribution in [-0.2, 0) is 17.9 Å². The van der Waals surface area contributed by atoms with Gasteiger partial charge in [0, 0.05) is 35.4 Å². The first-order chi connectivity index (χ1) is 18.4. The summed E-state index contributed by atoms with van der Waals surface area (Å²) in [5.74, 6) is 0.377. The quantitative estimate of drug-likeness (QED) is 0.204. The lowest BCUT2D eigenvalue weighted by Crippen LogP contribution is -2.47. The summed E-state index contributed by atoms with van der Waals surface area (Å²) in [4.78, 5) is 1.25. The van der Waals surface area contributed by atoms with Crippen LogP contribution in [0, 0.1) is 17.2 Å². The van der Waals surface area contributed by atoms with Gasteiger partial charge in [-0.25, -0.2) is 9.07 Å². The van der Waals surface area contributed by atoms with Gasteiger partial charge in [0.15, 0.2) is 8.32 Å². The minimum absolute atomic E-state index is 0.0228. The van der Waals surface area contributed by atoms with Crippen LogP contribution in [0.5, 0.6) is 0 Å². The van der Waals surface area contributed by atoms with Crippen molar-refractivity contribution in [2.24, 2.45) is 18.4 Å². The molecule has 5 rings (SSSR count). The number of nitrogens with zero attached hydrogens (tertiary/aromatic N) is 4. The van der Waals surface area contributed by atoms with Gasteiger partial charge in [0.05, 0.1) is 23.8 Å². The summed E-state index contributed by atoms with van der Waals surface area (Å²) in [5, 5.41) is 9.88. The van der Waals surface area contributed by atoms with Gasteiger partial charge in [-0.3, -0.25) is 4.68 Å². The van der Waals surface area contributed by atoms with Crippen molar-refractivity contribution in [1.29, 1.82) is 0 Å². The summed E-state index contributed by atoms with van der Waals surface area (Å²) in [6.07, 6.45) is 14.0. The first-order valence-corrected chi connectivity index (χ1v) is 18.0. The molecule has 2 aromatic heterocycles. The van der Waals surface area contributed by atoms with E-state index >= 15 is 0 Å². The maximum Gasteiger partial charge on any atom is 0.192 e. The van der Waals surface area contributed by atoms with Gasteiger partial charge in [-0.05, 0) is 92.1 Å². The van der Waals surface area contributed by atoms with Crippen molar-refractivity contribution in [3.8, 4) is 5.69 Å². The molecule has 1 saturated carbocycles. The SMILES string of the molecule is CCC(Sc1cnn(C)c1)[C@H]1CCC2=Cc3c(cnn3-c3ccc(F)cc3)C[C@]2(CO[Si](C)(C)C(C)(C)C)C1. The van der Waals surface area contributed by atoms with Crippen molar-refractivity contribution in [2.75, 3.05) is 6.61 Å². The molecule has 8 heteroatoms. The summed E-state index contributed by atoms with van der Waals surface area (Å²) < 4.78 is 24.5. The standard InChI is InChI=1S/C31H43FN4OSSi/c1-8-29(38-27-19-33-35(5)20-27)22-9-10-24-15-28-23(18-34-36(28)26-13-11-25(32)12-14-26)17-31(24,16-22)21-37-39(6,7)30(2,3)4/h11-15,18-20,22,29H,8-10,16-17,21H2,1-7H3/t22-,29?,31-/m0/s1. The lowest BCUT2D eigenvalue weighted by atomic mass is 9.61. The van der Waals surface area contributed by atoms with Crippen molar-refractivity contribution in [2.45, 2.75) is 88.1 Å². The first kappa shape index (κ1) is 28.4. The van der Waals surface area contributed by atoms with Crippen LogP contribution >= 0.6 is 11.8 Å². The van der Waals surface area contributed by atoms with Crippen LogP contribution in [0.4, 0.5) is 4.39 Å². The van der Waals surface area contributed by atoms with E-state index in [1.807, 2.05) is 52.7 Å². The molecule has 0 saturated heterocycles. The average molecular weight is 567 g/mol. The van der Waals surface area contributed by atoms with Crippen LogP contribution in [0.15, 0.2) is 53.3 Å². The Morgan fingerprint density at radius 3 is 2.56 bits per heavy atom. The van der Waals surface area contributed by atoms with E-state index in [4.69, 9.17) is 9.52 Å². The third-order valence-electron chi connectivity index (χ3n) is 9.33. The van der Waals surface area contributed by atoms with Crippen LogP contribution < -0.4 is 0 Å². The van der Waals surface area contributed by atoms with E-state index in [2.05, 4.69) is 58.2 Å². The third-order valence-corrected chi connectivity index (χ3v) is 15.3. The van der Waals surface area contributed by atoms with E-state index in [0.717, 1.165) is 43.7 Å². The molecule has 0 N–H and O–H groups in total. The number of halogens is 1. The zero-order valence-electron chi connectivity index (χ0n) is 24.5. The molecular formula is C31H43FN4OSSi. The lowest BCUT2D eigenvalue weighted by Gasteiger charge is -2.49. The highest BCUT2D eigenvalue weighted by Gasteiger charge is 2.47. The molecule has 1 unspecified atom stereocenters. The number of fused-ring (bicyclic) bond motifs is 2. The van der Waals surface area contributed by atoms with Crippen molar-refractivity contribution in [3.63, 3.8) is 0 Å². The highest BCUT2D eigenvalue weighted by molar-refractivity contribution is 8.00. The maximum absolute atomic E-state index is 13.6. The third kappa shape index (κ3) is 5.70. The van der Waals surface area contributed by atoms with E-state index in [-0.39, 0.29) is 16.3 Å². The normalized spacial score (nSPS) is 22.3. The van der Waals surface area contributed by atoms with Gasteiger partial charge in [0.1, 0.15) is 5.82 Å². The zero-order chi connectivity index (χ0) is 28.0. The number of aromatic nitrogens is 4. The van der Waals surface area contributed by atoms with Crippen LogP contribution in [0.25, 0.3) is 11.8 Å². The molecule has 0 spiro atoms. The highest BCUT2D eigenvalue weighted by Crippen LogP contribution is 2.53.